The summed E-state index contributed by atoms with van der Waals surface area (Å²) in [5, 5.41) is 3.32. The molecule has 0 radical (unpaired) electrons. The number of aryl methyl sites for hydroxylation is 1. The lowest BCUT2D eigenvalue weighted by Gasteiger charge is -2.22. The van der Waals surface area contributed by atoms with Crippen LogP contribution >= 0.6 is 0 Å². The van der Waals surface area contributed by atoms with Gasteiger partial charge in [0.2, 0.25) is 0 Å². The molecule has 4 heteroatoms. The van der Waals surface area contributed by atoms with E-state index in [0.29, 0.717) is 13.2 Å². The van der Waals surface area contributed by atoms with Crippen molar-refractivity contribution < 1.29 is 9.47 Å². The normalized spacial score (nSPS) is 14.9. The number of hydrogen-bond acceptors (Lipinski definition) is 4. The molecule has 1 aliphatic heterocycles. The van der Waals surface area contributed by atoms with E-state index in [4.69, 9.17) is 9.47 Å². The van der Waals surface area contributed by atoms with Gasteiger partial charge in [-0.15, -0.1) is 0 Å². The molecule has 1 unspecified atom stereocenters. The van der Waals surface area contributed by atoms with Gasteiger partial charge in [0, 0.05) is 11.9 Å². The first-order valence-electron chi connectivity index (χ1n) is 6.77. The number of nitrogens with one attached hydrogen (secondary N) is 1. The van der Waals surface area contributed by atoms with Crippen LogP contribution in [-0.2, 0) is 0 Å². The highest BCUT2D eigenvalue weighted by Gasteiger charge is 2.17. The highest BCUT2D eigenvalue weighted by Crippen LogP contribution is 2.34. The third kappa shape index (κ3) is 2.47. The van der Waals surface area contributed by atoms with Crippen molar-refractivity contribution in [3.05, 3.63) is 53.3 Å². The molecular formula is C16H18N2O2. The SMILES string of the molecule is CNC(c1ccc(C)nc1)c1ccc2c(c1)OCCO2. The molecule has 2 aromatic rings. The molecule has 3 rings (SSSR count). The Morgan fingerprint density at radius 1 is 1.05 bits per heavy atom. The second-order valence-corrected chi connectivity index (χ2v) is 4.86. The summed E-state index contributed by atoms with van der Waals surface area (Å²) in [6.45, 7) is 3.21. The van der Waals surface area contributed by atoms with E-state index in [1.807, 2.05) is 38.4 Å². The van der Waals surface area contributed by atoms with Crippen molar-refractivity contribution >= 4 is 0 Å². The lowest BCUT2D eigenvalue weighted by molar-refractivity contribution is 0.171. The van der Waals surface area contributed by atoms with Crippen molar-refractivity contribution in [2.24, 2.45) is 0 Å². The summed E-state index contributed by atoms with van der Waals surface area (Å²) in [5.74, 6) is 1.63. The topological polar surface area (TPSA) is 43.4 Å². The Kier molecular flexibility index (Phi) is 3.56. The molecule has 0 aliphatic carbocycles. The lowest BCUT2D eigenvalue weighted by Crippen LogP contribution is -2.19. The fraction of sp³-hybridized carbons (Fsp3) is 0.312. The highest BCUT2D eigenvalue weighted by atomic mass is 16.6. The summed E-state index contributed by atoms with van der Waals surface area (Å²) in [6, 6.07) is 10.3. The van der Waals surface area contributed by atoms with Gasteiger partial charge in [-0.1, -0.05) is 12.1 Å². The van der Waals surface area contributed by atoms with Gasteiger partial charge in [0.15, 0.2) is 11.5 Å². The Bertz CT molecular complexity index is 596. The molecule has 1 aromatic carbocycles. The smallest absolute Gasteiger partial charge is 0.161 e. The van der Waals surface area contributed by atoms with Crippen LogP contribution in [0.4, 0.5) is 0 Å². The largest absolute Gasteiger partial charge is 0.486 e. The number of nitrogens with zero attached hydrogens (tertiary/aromatic N) is 1. The van der Waals surface area contributed by atoms with E-state index >= 15 is 0 Å². The fourth-order valence-corrected chi connectivity index (χ4v) is 2.42. The maximum atomic E-state index is 5.65. The van der Waals surface area contributed by atoms with Crippen LogP contribution in [0.1, 0.15) is 22.9 Å². The first-order chi connectivity index (χ1) is 9.78. The Labute approximate surface area is 118 Å². The van der Waals surface area contributed by atoms with Crippen LogP contribution in [0.5, 0.6) is 11.5 Å². The minimum atomic E-state index is 0.0962. The molecule has 20 heavy (non-hydrogen) atoms. The number of hydrogen-bond donors (Lipinski definition) is 1. The average molecular weight is 270 g/mol. The summed E-state index contributed by atoms with van der Waals surface area (Å²) >= 11 is 0. The molecule has 0 fully saturated rings. The number of pyridine rings is 1. The standard InChI is InChI=1S/C16H18N2O2/c1-11-3-4-13(10-18-11)16(17-2)12-5-6-14-15(9-12)20-8-7-19-14/h3-6,9-10,16-17H,7-8H2,1-2H3. The van der Waals surface area contributed by atoms with Crippen molar-refractivity contribution in [1.82, 2.24) is 10.3 Å². The van der Waals surface area contributed by atoms with Crippen LogP contribution < -0.4 is 14.8 Å². The summed E-state index contributed by atoms with van der Waals surface area (Å²) in [6.07, 6.45) is 1.91. The van der Waals surface area contributed by atoms with Crippen LogP contribution in [-0.4, -0.2) is 25.2 Å². The Balaban J connectivity index is 1.94. The van der Waals surface area contributed by atoms with Crippen LogP contribution in [0.2, 0.25) is 0 Å². The Hall–Kier alpha value is -2.07. The van der Waals surface area contributed by atoms with Crippen molar-refractivity contribution in [2.75, 3.05) is 20.3 Å². The molecule has 0 bridgehead atoms. The molecule has 2 heterocycles. The third-order valence-electron chi connectivity index (χ3n) is 3.46. The van der Waals surface area contributed by atoms with Crippen molar-refractivity contribution in [2.45, 2.75) is 13.0 Å². The summed E-state index contributed by atoms with van der Waals surface area (Å²) in [4.78, 5) is 4.37. The van der Waals surface area contributed by atoms with Gasteiger partial charge in [-0.3, -0.25) is 4.98 Å². The quantitative estimate of drug-likeness (QED) is 0.930. The zero-order valence-corrected chi connectivity index (χ0v) is 11.7. The maximum Gasteiger partial charge on any atom is 0.161 e. The fourth-order valence-electron chi connectivity index (χ4n) is 2.42. The molecule has 104 valence electrons. The van der Waals surface area contributed by atoms with E-state index in [9.17, 15) is 0 Å². The molecule has 4 nitrogen and oxygen atoms in total. The monoisotopic (exact) mass is 270 g/mol. The number of rotatable bonds is 3. The van der Waals surface area contributed by atoms with Crippen molar-refractivity contribution in [3.63, 3.8) is 0 Å². The molecule has 0 saturated carbocycles. The summed E-state index contributed by atoms with van der Waals surface area (Å²) in [7, 11) is 1.95. The molecule has 1 aliphatic rings. The second kappa shape index (κ2) is 5.51. The van der Waals surface area contributed by atoms with Gasteiger partial charge in [-0.2, -0.15) is 0 Å². The van der Waals surface area contributed by atoms with Crippen LogP contribution in [0, 0.1) is 6.92 Å². The second-order valence-electron chi connectivity index (χ2n) is 4.86. The van der Waals surface area contributed by atoms with Gasteiger partial charge in [-0.25, -0.2) is 0 Å². The predicted molar refractivity (Wildman–Crippen MR) is 77.3 cm³/mol. The van der Waals surface area contributed by atoms with Gasteiger partial charge in [0.05, 0.1) is 6.04 Å². The summed E-state index contributed by atoms with van der Waals surface area (Å²) in [5.41, 5.74) is 3.29. The van der Waals surface area contributed by atoms with Gasteiger partial charge < -0.3 is 14.8 Å². The summed E-state index contributed by atoms with van der Waals surface area (Å²) < 4.78 is 11.2. The van der Waals surface area contributed by atoms with Gasteiger partial charge in [0.25, 0.3) is 0 Å². The molecule has 1 N–H and O–H groups in total. The third-order valence-corrected chi connectivity index (χ3v) is 3.46. The number of fused-ring (bicyclic) bond motifs is 1. The Morgan fingerprint density at radius 2 is 1.80 bits per heavy atom. The zero-order chi connectivity index (χ0) is 13.9. The highest BCUT2D eigenvalue weighted by molar-refractivity contribution is 5.46. The van der Waals surface area contributed by atoms with E-state index < -0.39 is 0 Å². The van der Waals surface area contributed by atoms with Crippen molar-refractivity contribution in [3.8, 4) is 11.5 Å². The molecule has 0 spiro atoms. The number of benzene rings is 1. The molecule has 1 atom stereocenters. The van der Waals surface area contributed by atoms with E-state index in [1.165, 1.54) is 0 Å². The average Bonchev–Trinajstić information content (AvgIpc) is 2.50. The molecule has 1 aromatic heterocycles. The van der Waals surface area contributed by atoms with Gasteiger partial charge >= 0.3 is 0 Å². The lowest BCUT2D eigenvalue weighted by atomic mass is 9.99. The minimum Gasteiger partial charge on any atom is -0.486 e. The minimum absolute atomic E-state index is 0.0962. The first-order valence-corrected chi connectivity index (χ1v) is 6.77. The van der Waals surface area contributed by atoms with E-state index in [1.54, 1.807) is 0 Å². The maximum absolute atomic E-state index is 5.65. The van der Waals surface area contributed by atoms with Crippen LogP contribution in [0.3, 0.4) is 0 Å². The van der Waals surface area contributed by atoms with E-state index in [0.717, 1.165) is 28.3 Å². The molecular weight excluding hydrogens is 252 g/mol. The van der Waals surface area contributed by atoms with Crippen LogP contribution in [0.25, 0.3) is 0 Å². The number of ether oxygens (including phenoxy) is 2. The van der Waals surface area contributed by atoms with E-state index in [2.05, 4.69) is 22.4 Å². The van der Waals surface area contributed by atoms with E-state index in [-0.39, 0.29) is 6.04 Å². The number of aromatic nitrogens is 1. The Morgan fingerprint density at radius 3 is 2.50 bits per heavy atom. The van der Waals surface area contributed by atoms with Crippen molar-refractivity contribution in [1.29, 1.82) is 0 Å². The predicted octanol–water partition coefficient (Wildman–Crippen LogP) is 2.47. The van der Waals surface area contributed by atoms with Crippen LogP contribution in [0.15, 0.2) is 36.5 Å². The molecule has 0 saturated heterocycles. The first kappa shape index (κ1) is 12.9. The molecule has 0 amide bonds. The van der Waals surface area contributed by atoms with Gasteiger partial charge in [0.1, 0.15) is 13.2 Å². The van der Waals surface area contributed by atoms with Gasteiger partial charge in [-0.05, 0) is 43.3 Å². The zero-order valence-electron chi connectivity index (χ0n) is 11.7.